The van der Waals surface area contributed by atoms with Gasteiger partial charge in [0.05, 0.1) is 11.9 Å². The van der Waals surface area contributed by atoms with Gasteiger partial charge in [-0.3, -0.25) is 9.36 Å². The third kappa shape index (κ3) is 4.84. The maximum Gasteiger partial charge on any atom is 0.233 e. The van der Waals surface area contributed by atoms with Crippen molar-refractivity contribution in [2.75, 3.05) is 13.2 Å². The van der Waals surface area contributed by atoms with Gasteiger partial charge in [0.15, 0.2) is 5.16 Å². The molecular weight excluding hydrogens is 396 g/mol. The maximum absolute atomic E-state index is 12.5. The highest BCUT2D eigenvalue weighted by Gasteiger charge is 2.25. The molecule has 1 aliphatic rings. The zero-order valence-corrected chi connectivity index (χ0v) is 17.9. The van der Waals surface area contributed by atoms with Gasteiger partial charge in [-0.15, -0.1) is 10.2 Å². The molecule has 1 unspecified atom stereocenters. The van der Waals surface area contributed by atoms with E-state index in [9.17, 15) is 4.79 Å². The SMILES string of the molecule is CCOc1ccc(-n2c(Cc3ccccc3)nnc2SC2CCCCNC2=O)cc1. The van der Waals surface area contributed by atoms with Crippen LogP contribution in [0.25, 0.3) is 5.69 Å². The molecule has 4 rings (SSSR count). The number of carbonyl (C=O) groups is 1. The Labute approximate surface area is 181 Å². The van der Waals surface area contributed by atoms with Crippen molar-refractivity contribution >= 4 is 17.7 Å². The minimum absolute atomic E-state index is 0.0864. The van der Waals surface area contributed by atoms with Gasteiger partial charge in [0.25, 0.3) is 0 Å². The molecule has 1 fully saturated rings. The highest BCUT2D eigenvalue weighted by Crippen LogP contribution is 2.30. The van der Waals surface area contributed by atoms with Gasteiger partial charge in [-0.05, 0) is 49.6 Å². The number of nitrogens with one attached hydrogen (secondary N) is 1. The Kier molecular flexibility index (Phi) is 6.69. The third-order valence-corrected chi connectivity index (χ3v) is 6.25. The molecule has 156 valence electrons. The van der Waals surface area contributed by atoms with Gasteiger partial charge < -0.3 is 10.1 Å². The van der Waals surface area contributed by atoms with Gasteiger partial charge in [-0.25, -0.2) is 0 Å². The van der Waals surface area contributed by atoms with E-state index in [4.69, 9.17) is 4.74 Å². The first kappa shape index (κ1) is 20.5. The van der Waals surface area contributed by atoms with Crippen LogP contribution in [0.3, 0.4) is 0 Å². The number of hydrogen-bond acceptors (Lipinski definition) is 5. The second kappa shape index (κ2) is 9.80. The Morgan fingerprint density at radius 3 is 2.67 bits per heavy atom. The smallest absolute Gasteiger partial charge is 0.233 e. The number of ether oxygens (including phenoxy) is 1. The predicted molar refractivity (Wildman–Crippen MR) is 118 cm³/mol. The van der Waals surface area contributed by atoms with E-state index in [2.05, 4.69) is 32.2 Å². The average Bonchev–Trinajstić information content (AvgIpc) is 3.04. The normalized spacial score (nSPS) is 16.7. The van der Waals surface area contributed by atoms with Gasteiger partial charge >= 0.3 is 0 Å². The molecule has 0 aliphatic carbocycles. The van der Waals surface area contributed by atoms with Crippen LogP contribution in [-0.4, -0.2) is 39.1 Å². The summed E-state index contributed by atoms with van der Waals surface area (Å²) in [5.74, 6) is 1.77. The molecule has 2 heterocycles. The number of hydrogen-bond donors (Lipinski definition) is 1. The molecule has 2 aromatic carbocycles. The average molecular weight is 423 g/mol. The van der Waals surface area contributed by atoms with Crippen LogP contribution in [0.15, 0.2) is 59.8 Å². The number of amides is 1. The van der Waals surface area contributed by atoms with E-state index in [1.807, 2.05) is 49.4 Å². The first-order valence-electron chi connectivity index (χ1n) is 10.4. The number of carbonyl (C=O) groups excluding carboxylic acids is 1. The maximum atomic E-state index is 12.5. The summed E-state index contributed by atoms with van der Waals surface area (Å²) >= 11 is 1.50. The lowest BCUT2D eigenvalue weighted by Crippen LogP contribution is -2.30. The standard InChI is InChI=1S/C23H26N4O2S/c1-2-29-19-13-11-18(12-14-19)27-21(16-17-8-4-3-5-9-17)25-26-23(27)30-20-10-6-7-15-24-22(20)28/h3-5,8-9,11-14,20H,2,6-7,10,15-16H2,1H3,(H,24,28). The molecule has 0 saturated carbocycles. The lowest BCUT2D eigenvalue weighted by atomic mass is 10.1. The summed E-state index contributed by atoms with van der Waals surface area (Å²) in [5, 5.41) is 12.6. The van der Waals surface area contributed by atoms with E-state index in [1.165, 1.54) is 17.3 Å². The summed E-state index contributed by atoms with van der Waals surface area (Å²) in [7, 11) is 0. The molecule has 3 aromatic rings. The van der Waals surface area contributed by atoms with Crippen molar-refractivity contribution in [3.05, 3.63) is 66.0 Å². The molecule has 7 heteroatoms. The second-order valence-corrected chi connectivity index (χ2v) is 8.39. The molecule has 1 N–H and O–H groups in total. The van der Waals surface area contributed by atoms with Crippen molar-refractivity contribution in [3.63, 3.8) is 0 Å². The van der Waals surface area contributed by atoms with E-state index in [-0.39, 0.29) is 11.2 Å². The fourth-order valence-corrected chi connectivity index (χ4v) is 4.67. The Morgan fingerprint density at radius 1 is 1.10 bits per heavy atom. The summed E-state index contributed by atoms with van der Waals surface area (Å²) in [6, 6.07) is 18.2. The highest BCUT2D eigenvalue weighted by atomic mass is 32.2. The van der Waals surface area contributed by atoms with Crippen LogP contribution in [0.5, 0.6) is 5.75 Å². The first-order chi connectivity index (χ1) is 14.7. The molecule has 1 amide bonds. The van der Waals surface area contributed by atoms with Crippen LogP contribution in [0.1, 0.15) is 37.6 Å². The van der Waals surface area contributed by atoms with Gasteiger partial charge in [-0.2, -0.15) is 0 Å². The van der Waals surface area contributed by atoms with E-state index in [1.54, 1.807) is 0 Å². The number of benzene rings is 2. The molecule has 0 spiro atoms. The number of thioether (sulfide) groups is 1. The Morgan fingerprint density at radius 2 is 1.90 bits per heavy atom. The van der Waals surface area contributed by atoms with Crippen molar-refractivity contribution < 1.29 is 9.53 Å². The summed E-state index contributed by atoms with van der Waals surface area (Å²) < 4.78 is 7.65. The van der Waals surface area contributed by atoms with Crippen molar-refractivity contribution in [1.82, 2.24) is 20.1 Å². The fourth-order valence-electron chi connectivity index (χ4n) is 3.54. The minimum Gasteiger partial charge on any atom is -0.494 e. The topological polar surface area (TPSA) is 69.0 Å². The van der Waals surface area contributed by atoms with Crippen molar-refractivity contribution in [1.29, 1.82) is 0 Å². The largest absolute Gasteiger partial charge is 0.494 e. The third-order valence-electron chi connectivity index (χ3n) is 5.04. The summed E-state index contributed by atoms with van der Waals surface area (Å²) in [5.41, 5.74) is 2.13. The van der Waals surface area contributed by atoms with E-state index < -0.39 is 0 Å². The number of aromatic nitrogens is 3. The summed E-state index contributed by atoms with van der Waals surface area (Å²) in [6.07, 6.45) is 3.57. The first-order valence-corrected chi connectivity index (χ1v) is 11.3. The van der Waals surface area contributed by atoms with Gasteiger partial charge in [0.2, 0.25) is 5.91 Å². The molecule has 0 radical (unpaired) electrons. The quantitative estimate of drug-likeness (QED) is 0.623. The molecule has 0 bridgehead atoms. The van der Waals surface area contributed by atoms with Crippen LogP contribution >= 0.6 is 11.8 Å². The zero-order valence-electron chi connectivity index (χ0n) is 17.1. The molecule has 1 atom stereocenters. The van der Waals surface area contributed by atoms with Crippen molar-refractivity contribution in [2.24, 2.45) is 0 Å². The van der Waals surface area contributed by atoms with Gasteiger partial charge in [0.1, 0.15) is 11.6 Å². The number of rotatable bonds is 7. The lowest BCUT2D eigenvalue weighted by molar-refractivity contribution is -0.120. The van der Waals surface area contributed by atoms with Crippen LogP contribution in [0, 0.1) is 0 Å². The monoisotopic (exact) mass is 422 g/mol. The van der Waals surface area contributed by atoms with E-state index >= 15 is 0 Å². The van der Waals surface area contributed by atoms with E-state index in [0.717, 1.165) is 48.2 Å². The molecule has 1 saturated heterocycles. The van der Waals surface area contributed by atoms with Crippen LogP contribution < -0.4 is 10.1 Å². The molecule has 30 heavy (non-hydrogen) atoms. The van der Waals surface area contributed by atoms with Crippen LogP contribution in [-0.2, 0) is 11.2 Å². The molecular formula is C23H26N4O2S. The molecule has 1 aromatic heterocycles. The lowest BCUT2D eigenvalue weighted by Gasteiger charge is -2.15. The minimum atomic E-state index is -0.150. The Hall–Kier alpha value is -2.80. The second-order valence-electron chi connectivity index (χ2n) is 7.22. The van der Waals surface area contributed by atoms with Crippen molar-refractivity contribution in [2.45, 2.75) is 43.0 Å². The van der Waals surface area contributed by atoms with Crippen LogP contribution in [0.2, 0.25) is 0 Å². The summed E-state index contributed by atoms with van der Waals surface area (Å²) in [6.45, 7) is 3.35. The van der Waals surface area contributed by atoms with Crippen molar-refractivity contribution in [3.8, 4) is 11.4 Å². The highest BCUT2D eigenvalue weighted by molar-refractivity contribution is 8.00. The fraction of sp³-hybridized carbons (Fsp3) is 0.348. The van der Waals surface area contributed by atoms with Gasteiger partial charge in [-0.1, -0.05) is 48.5 Å². The van der Waals surface area contributed by atoms with Crippen LogP contribution in [0.4, 0.5) is 0 Å². The van der Waals surface area contributed by atoms with E-state index in [0.29, 0.717) is 13.0 Å². The molecule has 1 aliphatic heterocycles. The zero-order chi connectivity index (χ0) is 20.8. The summed E-state index contributed by atoms with van der Waals surface area (Å²) in [4.78, 5) is 12.5. The predicted octanol–water partition coefficient (Wildman–Crippen LogP) is 4.02. The Bertz CT molecular complexity index is 973. The van der Waals surface area contributed by atoms with Gasteiger partial charge in [0, 0.05) is 18.7 Å². The molecule has 6 nitrogen and oxygen atoms in total. The Balaban J connectivity index is 1.67. The number of nitrogens with zero attached hydrogens (tertiary/aromatic N) is 3.